The zero-order chi connectivity index (χ0) is 16.8. The number of benzene rings is 2. The molecule has 2 aromatic rings. The van der Waals surface area contributed by atoms with E-state index in [2.05, 4.69) is 0 Å². The number of hydrogen-bond donors (Lipinski definition) is 2. The summed E-state index contributed by atoms with van der Waals surface area (Å²) in [6, 6.07) is 13.2. The molecule has 0 heterocycles. The van der Waals surface area contributed by atoms with Gasteiger partial charge in [0.1, 0.15) is 11.5 Å². The van der Waals surface area contributed by atoms with E-state index in [0.29, 0.717) is 11.3 Å². The fraction of sp³-hybridized carbons (Fsp3) is 0.278. The molecule has 0 saturated carbocycles. The van der Waals surface area contributed by atoms with Crippen LogP contribution in [-0.2, 0) is 4.74 Å². The first-order chi connectivity index (χ1) is 11.0. The van der Waals surface area contributed by atoms with E-state index in [9.17, 15) is 9.90 Å². The quantitative estimate of drug-likeness (QED) is 0.607. The Bertz CT molecular complexity index is 652. The van der Waals surface area contributed by atoms with Crippen LogP contribution in [0.2, 0.25) is 0 Å². The molecule has 122 valence electrons. The van der Waals surface area contributed by atoms with Crippen LogP contribution >= 0.6 is 0 Å². The summed E-state index contributed by atoms with van der Waals surface area (Å²) in [4.78, 5) is 12.3. The van der Waals surface area contributed by atoms with Crippen molar-refractivity contribution in [1.82, 2.24) is 0 Å². The predicted octanol–water partition coefficient (Wildman–Crippen LogP) is 2.75. The zero-order valence-corrected chi connectivity index (χ0v) is 13.1. The third-order valence-electron chi connectivity index (χ3n) is 3.12. The summed E-state index contributed by atoms with van der Waals surface area (Å²) in [5, 5.41) is 19.2. The number of aliphatic hydroxyl groups excluding tert-OH is 1. The number of ether oxygens (including phenoxy) is 2. The maximum atomic E-state index is 12.3. The van der Waals surface area contributed by atoms with E-state index in [-0.39, 0.29) is 23.7 Å². The second kappa shape index (κ2) is 7.76. The van der Waals surface area contributed by atoms with Gasteiger partial charge < -0.3 is 19.7 Å². The van der Waals surface area contributed by atoms with Gasteiger partial charge in [-0.15, -0.1) is 0 Å². The van der Waals surface area contributed by atoms with Crippen LogP contribution in [-0.4, -0.2) is 35.0 Å². The van der Waals surface area contributed by atoms with Crippen molar-refractivity contribution in [3.63, 3.8) is 0 Å². The number of hydrogen-bond acceptors (Lipinski definition) is 5. The van der Waals surface area contributed by atoms with Crippen molar-refractivity contribution in [3.05, 3.63) is 59.7 Å². The Morgan fingerprint density at radius 2 is 1.83 bits per heavy atom. The first kappa shape index (κ1) is 17.0. The monoisotopic (exact) mass is 316 g/mol. The predicted molar refractivity (Wildman–Crippen MR) is 85.7 cm³/mol. The second-order valence-electron chi connectivity index (χ2n) is 5.24. The lowest BCUT2D eigenvalue weighted by atomic mass is 10.0. The number of aromatic hydroxyl groups is 1. The SMILES string of the molecule is CC(O)COC(C)Oc1ccc(C(=O)c2ccccc2)c(O)c1. The van der Waals surface area contributed by atoms with E-state index in [0.717, 1.165) is 0 Å². The first-order valence-corrected chi connectivity index (χ1v) is 7.36. The lowest BCUT2D eigenvalue weighted by Gasteiger charge is -2.17. The number of carbonyl (C=O) groups excluding carboxylic acids is 1. The van der Waals surface area contributed by atoms with Crippen molar-refractivity contribution in [3.8, 4) is 11.5 Å². The van der Waals surface area contributed by atoms with E-state index in [1.54, 1.807) is 44.2 Å². The molecule has 2 N–H and O–H groups in total. The molecule has 5 nitrogen and oxygen atoms in total. The van der Waals surface area contributed by atoms with Crippen LogP contribution in [0.1, 0.15) is 29.8 Å². The molecule has 0 amide bonds. The summed E-state index contributed by atoms with van der Waals surface area (Å²) in [6.07, 6.45) is -1.17. The summed E-state index contributed by atoms with van der Waals surface area (Å²) in [7, 11) is 0. The molecule has 0 bridgehead atoms. The number of rotatable bonds is 7. The number of phenolic OH excluding ortho intramolecular Hbond substituents is 1. The van der Waals surface area contributed by atoms with Crippen molar-refractivity contribution in [2.24, 2.45) is 0 Å². The number of carbonyl (C=O) groups is 1. The summed E-state index contributed by atoms with van der Waals surface area (Å²) in [6.45, 7) is 3.45. The maximum absolute atomic E-state index is 12.3. The van der Waals surface area contributed by atoms with Crippen LogP contribution in [0.5, 0.6) is 11.5 Å². The highest BCUT2D eigenvalue weighted by Crippen LogP contribution is 2.26. The van der Waals surface area contributed by atoms with E-state index >= 15 is 0 Å². The lowest BCUT2D eigenvalue weighted by Crippen LogP contribution is -2.21. The van der Waals surface area contributed by atoms with E-state index in [1.807, 2.05) is 6.07 Å². The highest BCUT2D eigenvalue weighted by Gasteiger charge is 2.15. The van der Waals surface area contributed by atoms with Crippen molar-refractivity contribution in [1.29, 1.82) is 0 Å². The van der Waals surface area contributed by atoms with Crippen LogP contribution in [0.4, 0.5) is 0 Å². The fourth-order valence-corrected chi connectivity index (χ4v) is 2.02. The largest absolute Gasteiger partial charge is 0.507 e. The summed E-state index contributed by atoms with van der Waals surface area (Å²) in [5.74, 6) is -0.0302. The topological polar surface area (TPSA) is 76.0 Å². The minimum atomic E-state index is -0.584. The molecular formula is C18H20O5. The average molecular weight is 316 g/mol. The molecule has 0 fully saturated rings. The van der Waals surface area contributed by atoms with Gasteiger partial charge in [0.25, 0.3) is 0 Å². The Labute approximate surface area is 135 Å². The number of ketones is 1. The van der Waals surface area contributed by atoms with Crippen molar-refractivity contribution < 1.29 is 24.5 Å². The van der Waals surface area contributed by atoms with Gasteiger partial charge in [-0.1, -0.05) is 30.3 Å². The van der Waals surface area contributed by atoms with E-state index in [1.165, 1.54) is 12.1 Å². The molecule has 2 atom stereocenters. The van der Waals surface area contributed by atoms with Crippen molar-refractivity contribution in [2.75, 3.05) is 6.61 Å². The van der Waals surface area contributed by atoms with Crippen LogP contribution in [0.15, 0.2) is 48.5 Å². The Morgan fingerprint density at radius 1 is 1.13 bits per heavy atom. The van der Waals surface area contributed by atoms with Crippen molar-refractivity contribution >= 4 is 5.78 Å². The van der Waals surface area contributed by atoms with Crippen LogP contribution in [0, 0.1) is 0 Å². The maximum Gasteiger partial charge on any atom is 0.197 e. The normalized spacial score (nSPS) is 13.3. The highest BCUT2D eigenvalue weighted by molar-refractivity contribution is 6.10. The molecule has 0 saturated heterocycles. The van der Waals surface area contributed by atoms with Gasteiger partial charge >= 0.3 is 0 Å². The third-order valence-corrected chi connectivity index (χ3v) is 3.12. The molecule has 0 spiro atoms. The number of aliphatic hydroxyl groups is 1. The highest BCUT2D eigenvalue weighted by atomic mass is 16.7. The Balaban J connectivity index is 2.07. The molecule has 0 aromatic heterocycles. The van der Waals surface area contributed by atoms with Crippen LogP contribution in [0.25, 0.3) is 0 Å². The molecule has 5 heteroatoms. The lowest BCUT2D eigenvalue weighted by molar-refractivity contribution is -0.0907. The smallest absolute Gasteiger partial charge is 0.197 e. The summed E-state index contributed by atoms with van der Waals surface area (Å²) >= 11 is 0. The van der Waals surface area contributed by atoms with Gasteiger partial charge in [0.15, 0.2) is 12.1 Å². The first-order valence-electron chi connectivity index (χ1n) is 7.36. The van der Waals surface area contributed by atoms with Gasteiger partial charge in [-0.25, -0.2) is 0 Å². The van der Waals surface area contributed by atoms with Gasteiger partial charge in [-0.05, 0) is 26.0 Å². The van der Waals surface area contributed by atoms with E-state index < -0.39 is 12.4 Å². The van der Waals surface area contributed by atoms with Gasteiger partial charge in [-0.2, -0.15) is 0 Å². The Kier molecular flexibility index (Phi) is 5.73. The fourth-order valence-electron chi connectivity index (χ4n) is 2.02. The van der Waals surface area contributed by atoms with Gasteiger partial charge in [0.05, 0.1) is 18.3 Å². The van der Waals surface area contributed by atoms with Gasteiger partial charge in [-0.3, -0.25) is 4.79 Å². The van der Waals surface area contributed by atoms with E-state index in [4.69, 9.17) is 14.6 Å². The molecule has 2 unspecified atom stereocenters. The average Bonchev–Trinajstić information content (AvgIpc) is 2.53. The van der Waals surface area contributed by atoms with Crippen molar-refractivity contribution in [2.45, 2.75) is 26.2 Å². The summed E-state index contributed by atoms with van der Waals surface area (Å²) in [5.41, 5.74) is 0.714. The van der Waals surface area contributed by atoms with Crippen LogP contribution in [0.3, 0.4) is 0 Å². The molecule has 2 rings (SSSR count). The van der Waals surface area contributed by atoms with Crippen LogP contribution < -0.4 is 4.74 Å². The minimum absolute atomic E-state index is 0.151. The Morgan fingerprint density at radius 3 is 2.43 bits per heavy atom. The standard InChI is InChI=1S/C18H20O5/c1-12(19)11-22-13(2)23-15-8-9-16(17(20)10-15)18(21)14-6-4-3-5-7-14/h3-10,12-13,19-20H,11H2,1-2H3. The molecule has 0 aliphatic carbocycles. The Hall–Kier alpha value is -2.37. The molecule has 0 radical (unpaired) electrons. The molecule has 2 aromatic carbocycles. The zero-order valence-electron chi connectivity index (χ0n) is 13.1. The summed E-state index contributed by atoms with van der Waals surface area (Å²) < 4.78 is 10.8. The van der Waals surface area contributed by atoms with Gasteiger partial charge in [0.2, 0.25) is 0 Å². The minimum Gasteiger partial charge on any atom is -0.507 e. The molecule has 0 aliphatic heterocycles. The molecular weight excluding hydrogens is 296 g/mol. The second-order valence-corrected chi connectivity index (χ2v) is 5.24. The molecule has 0 aliphatic rings. The van der Waals surface area contributed by atoms with Gasteiger partial charge in [0, 0.05) is 11.6 Å². The molecule has 23 heavy (non-hydrogen) atoms. The third kappa shape index (κ3) is 4.81. The number of phenols is 1.